The number of benzene rings is 2. The number of carboxylic acid groups (broad SMARTS) is 1. The summed E-state index contributed by atoms with van der Waals surface area (Å²) in [5.41, 5.74) is 4.58. The number of nitrogens with zero attached hydrogens (tertiary/aromatic N) is 2. The van der Waals surface area contributed by atoms with E-state index in [1.165, 1.54) is 22.0 Å². The van der Waals surface area contributed by atoms with E-state index in [9.17, 15) is 19.5 Å². The minimum atomic E-state index is -1.21. The zero-order valence-electron chi connectivity index (χ0n) is 18.5. The van der Waals surface area contributed by atoms with E-state index in [1.54, 1.807) is 7.05 Å². The maximum absolute atomic E-state index is 12.5. The van der Waals surface area contributed by atoms with Crippen molar-refractivity contribution < 1.29 is 24.2 Å². The van der Waals surface area contributed by atoms with Crippen LogP contribution in [0.3, 0.4) is 0 Å². The molecule has 1 aromatic heterocycles. The third-order valence-corrected chi connectivity index (χ3v) is 6.46. The van der Waals surface area contributed by atoms with Crippen molar-refractivity contribution in [2.24, 2.45) is 13.0 Å². The number of rotatable bonds is 6. The van der Waals surface area contributed by atoms with Gasteiger partial charge >= 0.3 is 12.1 Å². The van der Waals surface area contributed by atoms with Crippen LogP contribution in [0.15, 0.2) is 54.7 Å². The lowest BCUT2D eigenvalue weighted by molar-refractivity contribution is -0.122. The molecule has 0 unspecified atom stereocenters. The van der Waals surface area contributed by atoms with Crippen LogP contribution in [0.5, 0.6) is 0 Å². The van der Waals surface area contributed by atoms with Gasteiger partial charge in [-0.25, -0.2) is 9.59 Å². The molecule has 0 bridgehead atoms. The zero-order valence-corrected chi connectivity index (χ0v) is 18.5. The highest BCUT2D eigenvalue weighted by molar-refractivity contribution is 6.00. The van der Waals surface area contributed by atoms with Gasteiger partial charge in [-0.15, -0.1) is 0 Å². The third kappa shape index (κ3) is 4.00. The second-order valence-electron chi connectivity index (χ2n) is 8.69. The summed E-state index contributed by atoms with van der Waals surface area (Å²) >= 11 is 0. The summed E-state index contributed by atoms with van der Waals surface area (Å²) in [4.78, 5) is 36.1. The van der Waals surface area contributed by atoms with E-state index in [4.69, 9.17) is 4.74 Å². The monoisotopic (exact) mass is 460 g/mol. The van der Waals surface area contributed by atoms with Crippen LogP contribution in [0.4, 0.5) is 10.5 Å². The number of fused-ring (bicyclic) bond motifs is 3. The Morgan fingerprint density at radius 3 is 2.29 bits per heavy atom. The Labute approximate surface area is 195 Å². The van der Waals surface area contributed by atoms with Crippen molar-refractivity contribution in [3.05, 3.63) is 71.5 Å². The topological polar surface area (TPSA) is 123 Å². The van der Waals surface area contributed by atoms with Gasteiger partial charge in [0.25, 0.3) is 0 Å². The number of nitrogens with one attached hydrogen (secondary N) is 2. The quantitative estimate of drug-likeness (QED) is 0.518. The number of anilines is 1. The summed E-state index contributed by atoms with van der Waals surface area (Å²) in [5.74, 6) is -1.83. The molecule has 3 N–H and O–H groups in total. The summed E-state index contributed by atoms with van der Waals surface area (Å²) in [7, 11) is 1.58. The van der Waals surface area contributed by atoms with Gasteiger partial charge in [-0.1, -0.05) is 48.5 Å². The molecule has 0 spiro atoms. The number of carbonyl (C=O) groups excluding carboxylic acids is 2. The van der Waals surface area contributed by atoms with Gasteiger partial charge in [0.05, 0.1) is 5.69 Å². The van der Waals surface area contributed by atoms with E-state index in [0.29, 0.717) is 12.8 Å². The molecule has 2 aromatic carbocycles. The molecule has 1 fully saturated rings. The Morgan fingerprint density at radius 2 is 1.68 bits per heavy atom. The highest BCUT2D eigenvalue weighted by atomic mass is 16.5. The summed E-state index contributed by atoms with van der Waals surface area (Å²) in [6.07, 6.45) is 1.86. The van der Waals surface area contributed by atoms with E-state index < -0.39 is 12.1 Å². The maximum atomic E-state index is 12.5. The van der Waals surface area contributed by atoms with Crippen molar-refractivity contribution in [2.45, 2.75) is 24.8 Å². The van der Waals surface area contributed by atoms with Crippen LogP contribution in [-0.2, 0) is 16.6 Å². The molecule has 34 heavy (non-hydrogen) atoms. The van der Waals surface area contributed by atoms with Crippen molar-refractivity contribution in [3.63, 3.8) is 0 Å². The number of hydrogen-bond donors (Lipinski definition) is 3. The molecule has 3 aromatic rings. The van der Waals surface area contributed by atoms with E-state index in [1.807, 2.05) is 24.3 Å². The van der Waals surface area contributed by atoms with E-state index in [2.05, 4.69) is 40.0 Å². The molecule has 0 saturated heterocycles. The van der Waals surface area contributed by atoms with E-state index in [-0.39, 0.29) is 41.8 Å². The van der Waals surface area contributed by atoms with Gasteiger partial charge < -0.3 is 20.5 Å². The number of carbonyl (C=O) groups is 3. The first-order valence-electron chi connectivity index (χ1n) is 11.1. The number of aromatic carboxylic acids is 1. The Hall–Kier alpha value is -4.14. The minimum Gasteiger partial charge on any atom is -0.476 e. The number of aromatic nitrogens is 2. The van der Waals surface area contributed by atoms with Gasteiger partial charge in [0.2, 0.25) is 5.91 Å². The predicted octanol–water partition coefficient (Wildman–Crippen LogP) is 3.37. The molecular formula is C25H24N4O5. The van der Waals surface area contributed by atoms with Crippen LogP contribution in [0.1, 0.15) is 40.4 Å². The highest BCUT2D eigenvalue weighted by Crippen LogP contribution is 2.44. The SMILES string of the molecule is Cn1cc(NC(=O)C2CC(NC(=O)OCC3c4ccccc4-c4ccccc43)C2)c(C(=O)O)n1. The smallest absolute Gasteiger partial charge is 0.407 e. The number of carboxylic acids is 1. The first-order chi connectivity index (χ1) is 16.4. The predicted molar refractivity (Wildman–Crippen MR) is 124 cm³/mol. The summed E-state index contributed by atoms with van der Waals surface area (Å²) < 4.78 is 6.89. The number of alkyl carbamates (subject to hydrolysis) is 1. The molecule has 2 amide bonds. The van der Waals surface area contributed by atoms with E-state index in [0.717, 1.165) is 11.1 Å². The molecule has 0 aliphatic heterocycles. The van der Waals surface area contributed by atoms with Crippen LogP contribution in [0.25, 0.3) is 11.1 Å². The summed E-state index contributed by atoms with van der Waals surface area (Å²) in [6.45, 7) is 0.232. The van der Waals surface area contributed by atoms with Crippen LogP contribution < -0.4 is 10.6 Å². The number of aryl methyl sites for hydroxylation is 1. The van der Waals surface area contributed by atoms with Gasteiger partial charge in [0.1, 0.15) is 6.61 Å². The van der Waals surface area contributed by atoms with Crippen LogP contribution in [0, 0.1) is 5.92 Å². The second kappa shape index (κ2) is 8.66. The molecule has 2 aliphatic carbocycles. The Kier molecular flexibility index (Phi) is 5.53. The maximum Gasteiger partial charge on any atom is 0.407 e. The lowest BCUT2D eigenvalue weighted by Crippen LogP contribution is -2.48. The van der Waals surface area contributed by atoms with Crippen LogP contribution in [-0.4, -0.2) is 45.5 Å². The van der Waals surface area contributed by atoms with Gasteiger partial charge in [-0.05, 0) is 35.1 Å². The molecule has 9 nitrogen and oxygen atoms in total. The Balaban J connectivity index is 1.12. The fourth-order valence-corrected chi connectivity index (χ4v) is 4.73. The van der Waals surface area contributed by atoms with Crippen molar-refractivity contribution in [1.82, 2.24) is 15.1 Å². The van der Waals surface area contributed by atoms with Crippen molar-refractivity contribution in [3.8, 4) is 11.1 Å². The van der Waals surface area contributed by atoms with Gasteiger partial charge in [-0.2, -0.15) is 5.10 Å². The number of amides is 2. The first kappa shape index (κ1) is 21.7. The second-order valence-corrected chi connectivity index (χ2v) is 8.69. The lowest BCUT2D eigenvalue weighted by Gasteiger charge is -2.34. The van der Waals surface area contributed by atoms with E-state index >= 15 is 0 Å². The normalized spacial score (nSPS) is 18.4. The molecule has 0 atom stereocenters. The molecule has 5 rings (SSSR count). The summed E-state index contributed by atoms with van der Waals surface area (Å²) in [6, 6.07) is 16.1. The largest absolute Gasteiger partial charge is 0.476 e. The molecule has 1 saturated carbocycles. The fraction of sp³-hybridized carbons (Fsp3) is 0.280. The van der Waals surface area contributed by atoms with Gasteiger partial charge in [0, 0.05) is 31.1 Å². The minimum absolute atomic E-state index is 0.0130. The first-order valence-corrected chi connectivity index (χ1v) is 11.1. The number of hydrogen-bond acceptors (Lipinski definition) is 5. The average molecular weight is 460 g/mol. The molecule has 2 aliphatic rings. The molecule has 1 heterocycles. The van der Waals surface area contributed by atoms with Crippen molar-refractivity contribution in [2.75, 3.05) is 11.9 Å². The standard InChI is InChI=1S/C25H24N4O5/c1-29-12-21(22(28-29)24(31)32)27-23(30)14-10-15(11-14)26-25(33)34-13-20-18-8-4-2-6-16(18)17-7-3-5-9-19(17)20/h2-9,12,14-15,20H,10-11,13H2,1H3,(H,26,33)(H,27,30)(H,31,32). The van der Waals surface area contributed by atoms with Gasteiger partial charge in [-0.3, -0.25) is 9.48 Å². The van der Waals surface area contributed by atoms with Gasteiger partial charge in [0.15, 0.2) is 5.69 Å². The highest BCUT2D eigenvalue weighted by Gasteiger charge is 2.37. The summed E-state index contributed by atoms with van der Waals surface area (Å²) in [5, 5.41) is 18.5. The van der Waals surface area contributed by atoms with Crippen LogP contribution in [0.2, 0.25) is 0 Å². The molecule has 174 valence electrons. The van der Waals surface area contributed by atoms with Crippen molar-refractivity contribution >= 4 is 23.7 Å². The van der Waals surface area contributed by atoms with Crippen molar-refractivity contribution in [1.29, 1.82) is 0 Å². The van der Waals surface area contributed by atoms with Crippen LogP contribution >= 0.6 is 0 Å². The third-order valence-electron chi connectivity index (χ3n) is 6.46. The fourth-order valence-electron chi connectivity index (χ4n) is 4.73. The molecule has 9 heteroatoms. The lowest BCUT2D eigenvalue weighted by atomic mass is 9.79. The molecular weight excluding hydrogens is 436 g/mol. The number of ether oxygens (including phenoxy) is 1. The Morgan fingerprint density at radius 1 is 1.06 bits per heavy atom. The Bertz CT molecular complexity index is 1230. The average Bonchev–Trinajstić information content (AvgIpc) is 3.32. The zero-order chi connectivity index (χ0) is 23.8. The molecule has 0 radical (unpaired) electrons.